The van der Waals surface area contributed by atoms with Crippen LogP contribution >= 0.6 is 0 Å². The molecule has 1 amide bonds. The molecule has 0 radical (unpaired) electrons. The molecule has 2 N–H and O–H groups in total. The average molecular weight is 397 g/mol. The molecule has 1 aliphatic rings. The first kappa shape index (κ1) is 21.4. The maximum atomic E-state index is 12.7. The second-order valence-corrected chi connectivity index (χ2v) is 8.95. The number of aliphatic carboxylic acids is 1. The zero-order chi connectivity index (χ0) is 19.9. The molecule has 1 unspecified atom stereocenters. The van der Waals surface area contributed by atoms with E-state index in [1.807, 2.05) is 13.0 Å². The quantitative estimate of drug-likeness (QED) is 0.664. The third-order valence-electron chi connectivity index (χ3n) is 4.80. The summed E-state index contributed by atoms with van der Waals surface area (Å²) in [5.74, 6) is -2.05. The lowest BCUT2D eigenvalue weighted by molar-refractivity contribution is -0.143. The largest absolute Gasteiger partial charge is 0.480 e. The maximum Gasteiger partial charge on any atom is 0.326 e. The Morgan fingerprint density at radius 1 is 1.30 bits per heavy atom. The van der Waals surface area contributed by atoms with Crippen LogP contribution in [0.2, 0.25) is 0 Å². The van der Waals surface area contributed by atoms with Gasteiger partial charge in [0.25, 0.3) is 0 Å². The molecule has 2 rings (SSSR count). The first-order valence-electron chi connectivity index (χ1n) is 9.38. The van der Waals surface area contributed by atoms with E-state index in [9.17, 15) is 23.1 Å². The highest BCUT2D eigenvalue weighted by Crippen LogP contribution is 2.22. The van der Waals surface area contributed by atoms with Crippen molar-refractivity contribution in [3.8, 4) is 0 Å². The van der Waals surface area contributed by atoms with E-state index in [0.29, 0.717) is 37.8 Å². The van der Waals surface area contributed by atoms with Crippen molar-refractivity contribution in [2.24, 2.45) is 5.92 Å². The van der Waals surface area contributed by atoms with Crippen molar-refractivity contribution in [2.75, 3.05) is 13.1 Å². The summed E-state index contributed by atoms with van der Waals surface area (Å²) in [6.45, 7) is 2.44. The van der Waals surface area contributed by atoms with Crippen molar-refractivity contribution in [3.05, 3.63) is 35.9 Å². The van der Waals surface area contributed by atoms with Crippen LogP contribution in [0.25, 0.3) is 0 Å². The van der Waals surface area contributed by atoms with Crippen molar-refractivity contribution >= 4 is 21.9 Å². The van der Waals surface area contributed by atoms with Gasteiger partial charge in [-0.1, -0.05) is 50.1 Å². The number of carboxylic acids is 1. The topological polar surface area (TPSA) is 104 Å². The Morgan fingerprint density at radius 3 is 2.63 bits per heavy atom. The molecule has 1 fully saturated rings. The predicted octanol–water partition coefficient (Wildman–Crippen LogP) is 1.99. The zero-order valence-electron chi connectivity index (χ0n) is 15.6. The summed E-state index contributed by atoms with van der Waals surface area (Å²) in [6, 6.07) is 8.01. The van der Waals surface area contributed by atoms with Gasteiger partial charge in [-0.05, 0) is 24.8 Å². The van der Waals surface area contributed by atoms with Gasteiger partial charge in [0, 0.05) is 13.1 Å². The summed E-state index contributed by atoms with van der Waals surface area (Å²) >= 11 is 0. The molecular weight excluding hydrogens is 368 g/mol. The first-order chi connectivity index (χ1) is 12.8. The van der Waals surface area contributed by atoms with Gasteiger partial charge in [0.05, 0.1) is 11.7 Å². The molecule has 0 saturated carbocycles. The number of sulfonamides is 1. The highest BCUT2D eigenvalue weighted by atomic mass is 32.2. The number of carbonyl (C=O) groups is 2. The van der Waals surface area contributed by atoms with Crippen LogP contribution in [0.1, 0.15) is 44.6 Å². The second-order valence-electron chi connectivity index (χ2n) is 6.98. The Labute approximate surface area is 160 Å². The normalized spacial score (nSPS) is 19.4. The van der Waals surface area contributed by atoms with Crippen LogP contribution in [0.5, 0.6) is 0 Å². The molecule has 8 heteroatoms. The van der Waals surface area contributed by atoms with Crippen LogP contribution in [0.4, 0.5) is 0 Å². The molecule has 0 spiro atoms. The summed E-state index contributed by atoms with van der Waals surface area (Å²) in [5, 5.41) is 11.9. The zero-order valence-corrected chi connectivity index (χ0v) is 16.5. The molecule has 0 aliphatic carbocycles. The number of nitrogens with zero attached hydrogens (tertiary/aromatic N) is 1. The van der Waals surface area contributed by atoms with Gasteiger partial charge >= 0.3 is 5.97 Å². The molecule has 27 heavy (non-hydrogen) atoms. The SMILES string of the molecule is CCCC[C@H](NC(=O)C1CCCN(S(=O)(=O)Cc2ccccc2)C1)C(=O)O. The molecule has 2 atom stereocenters. The molecule has 1 saturated heterocycles. The molecule has 150 valence electrons. The van der Waals surface area contributed by atoms with Crippen LogP contribution in [-0.2, 0) is 25.4 Å². The Kier molecular flexibility index (Phi) is 7.79. The monoisotopic (exact) mass is 396 g/mol. The van der Waals surface area contributed by atoms with E-state index >= 15 is 0 Å². The van der Waals surface area contributed by atoms with Crippen molar-refractivity contribution < 1.29 is 23.1 Å². The van der Waals surface area contributed by atoms with Crippen molar-refractivity contribution in [2.45, 2.75) is 50.8 Å². The Balaban J connectivity index is 1.99. The lowest BCUT2D eigenvalue weighted by atomic mass is 9.98. The number of unbranched alkanes of at least 4 members (excludes halogenated alkanes) is 1. The van der Waals surface area contributed by atoms with E-state index in [0.717, 1.165) is 6.42 Å². The number of rotatable bonds is 9. The number of carboxylic acid groups (broad SMARTS) is 1. The highest BCUT2D eigenvalue weighted by molar-refractivity contribution is 7.88. The third kappa shape index (κ3) is 6.32. The molecule has 0 aromatic heterocycles. The third-order valence-corrected chi connectivity index (χ3v) is 6.62. The van der Waals surface area contributed by atoms with E-state index in [4.69, 9.17) is 0 Å². The molecule has 1 aromatic carbocycles. The summed E-state index contributed by atoms with van der Waals surface area (Å²) in [5.41, 5.74) is 0.703. The molecule has 1 heterocycles. The number of carbonyl (C=O) groups excluding carboxylic acids is 1. The van der Waals surface area contributed by atoms with Gasteiger partial charge in [-0.3, -0.25) is 4.79 Å². The Bertz CT molecular complexity index is 736. The van der Waals surface area contributed by atoms with E-state index < -0.39 is 28.0 Å². The molecule has 7 nitrogen and oxygen atoms in total. The number of benzene rings is 1. The van der Waals surface area contributed by atoms with E-state index in [2.05, 4.69) is 5.32 Å². The van der Waals surface area contributed by atoms with Crippen molar-refractivity contribution in [1.29, 1.82) is 0 Å². The average Bonchev–Trinajstić information content (AvgIpc) is 2.65. The number of hydrogen-bond donors (Lipinski definition) is 2. The van der Waals surface area contributed by atoms with Gasteiger partial charge in [0.2, 0.25) is 15.9 Å². The molecule has 1 aliphatic heterocycles. The van der Waals surface area contributed by atoms with E-state index in [1.165, 1.54) is 4.31 Å². The fraction of sp³-hybridized carbons (Fsp3) is 0.579. The fourth-order valence-corrected chi connectivity index (χ4v) is 4.85. The van der Waals surface area contributed by atoms with Crippen LogP contribution < -0.4 is 5.32 Å². The minimum absolute atomic E-state index is 0.0983. The van der Waals surface area contributed by atoms with Crippen LogP contribution in [0, 0.1) is 5.92 Å². The fourth-order valence-electron chi connectivity index (χ4n) is 3.24. The second kappa shape index (κ2) is 9.85. The lowest BCUT2D eigenvalue weighted by Crippen LogP contribution is -2.49. The highest BCUT2D eigenvalue weighted by Gasteiger charge is 2.33. The van der Waals surface area contributed by atoms with Gasteiger partial charge in [0.15, 0.2) is 0 Å². The van der Waals surface area contributed by atoms with Crippen molar-refractivity contribution in [3.63, 3.8) is 0 Å². The summed E-state index contributed by atoms with van der Waals surface area (Å²) in [6.07, 6.45) is 3.07. The number of hydrogen-bond acceptors (Lipinski definition) is 4. The molecule has 0 bridgehead atoms. The summed E-state index contributed by atoms with van der Waals surface area (Å²) in [7, 11) is -3.52. The smallest absolute Gasteiger partial charge is 0.326 e. The maximum absolute atomic E-state index is 12.7. The Hall–Kier alpha value is -1.93. The first-order valence-corrected chi connectivity index (χ1v) is 11.0. The summed E-state index contributed by atoms with van der Waals surface area (Å²) in [4.78, 5) is 23.8. The number of amides is 1. The van der Waals surface area contributed by atoms with Crippen molar-refractivity contribution in [1.82, 2.24) is 9.62 Å². The van der Waals surface area contributed by atoms with Gasteiger partial charge in [-0.2, -0.15) is 0 Å². The standard InChI is InChI=1S/C19H28N2O5S/c1-2-3-11-17(19(23)24)20-18(22)16-10-7-12-21(13-16)27(25,26)14-15-8-5-4-6-9-15/h4-6,8-9,16-17H,2-3,7,10-14H2,1H3,(H,20,22)(H,23,24)/t16?,17-/m0/s1. The number of piperidine rings is 1. The number of nitrogens with one attached hydrogen (secondary N) is 1. The minimum Gasteiger partial charge on any atom is -0.480 e. The van der Waals surface area contributed by atoms with E-state index in [1.54, 1.807) is 24.3 Å². The van der Waals surface area contributed by atoms with Gasteiger partial charge in [-0.25, -0.2) is 17.5 Å². The van der Waals surface area contributed by atoms with Gasteiger partial charge in [-0.15, -0.1) is 0 Å². The lowest BCUT2D eigenvalue weighted by Gasteiger charge is -2.31. The van der Waals surface area contributed by atoms with Gasteiger partial charge < -0.3 is 10.4 Å². The minimum atomic E-state index is -3.52. The Morgan fingerprint density at radius 2 is 2.00 bits per heavy atom. The van der Waals surface area contributed by atoms with Crippen LogP contribution in [0.15, 0.2) is 30.3 Å². The van der Waals surface area contributed by atoms with Crippen LogP contribution in [-0.4, -0.2) is 48.8 Å². The predicted molar refractivity (Wildman–Crippen MR) is 102 cm³/mol. The molecular formula is C19H28N2O5S. The summed E-state index contributed by atoms with van der Waals surface area (Å²) < 4.78 is 26.7. The van der Waals surface area contributed by atoms with E-state index in [-0.39, 0.29) is 18.2 Å². The van der Waals surface area contributed by atoms with Crippen LogP contribution in [0.3, 0.4) is 0 Å². The molecule has 1 aromatic rings. The van der Waals surface area contributed by atoms with Gasteiger partial charge in [0.1, 0.15) is 6.04 Å².